The van der Waals surface area contributed by atoms with Crippen molar-refractivity contribution in [3.8, 4) is 10.7 Å². The van der Waals surface area contributed by atoms with E-state index >= 15 is 0 Å². The van der Waals surface area contributed by atoms with Gasteiger partial charge in [0, 0.05) is 17.6 Å². The third-order valence-corrected chi connectivity index (χ3v) is 6.42. The van der Waals surface area contributed by atoms with Crippen molar-refractivity contribution in [2.75, 3.05) is 6.54 Å². The first-order valence-corrected chi connectivity index (χ1v) is 10.2. The van der Waals surface area contributed by atoms with Crippen molar-refractivity contribution in [3.63, 3.8) is 0 Å². The van der Waals surface area contributed by atoms with Gasteiger partial charge in [0.25, 0.3) is 0 Å². The normalized spacial score (nSPS) is 11.6. The highest BCUT2D eigenvalue weighted by molar-refractivity contribution is 7.89. The highest BCUT2D eigenvalue weighted by atomic mass is 32.2. The molecule has 0 fully saturated rings. The largest absolute Gasteiger partial charge is 0.254 e. The van der Waals surface area contributed by atoms with E-state index in [9.17, 15) is 8.42 Å². The lowest BCUT2D eigenvalue weighted by atomic mass is 10.2. The molecular formula is C18H19N3O2S2. The van der Waals surface area contributed by atoms with Crippen LogP contribution in [0, 0.1) is 13.8 Å². The molecule has 1 aromatic carbocycles. The van der Waals surface area contributed by atoms with Gasteiger partial charge in [0.2, 0.25) is 10.0 Å². The van der Waals surface area contributed by atoms with Crippen LogP contribution in [-0.4, -0.2) is 24.9 Å². The zero-order chi connectivity index (χ0) is 17.9. The topological polar surface area (TPSA) is 72.0 Å². The number of nitrogens with one attached hydrogen (secondary N) is 1. The Bertz CT molecular complexity index is 967. The van der Waals surface area contributed by atoms with E-state index in [0.717, 1.165) is 26.8 Å². The number of hydrogen-bond donors (Lipinski definition) is 1. The summed E-state index contributed by atoms with van der Waals surface area (Å²) in [7, 11) is -3.49. The quantitative estimate of drug-likeness (QED) is 0.719. The summed E-state index contributed by atoms with van der Waals surface area (Å²) in [4.78, 5) is 10.2. The molecule has 0 amide bonds. The predicted octanol–water partition coefficient (Wildman–Crippen LogP) is 3.34. The molecule has 2 heterocycles. The summed E-state index contributed by atoms with van der Waals surface area (Å²) in [6, 6.07) is 12.6. The molecule has 0 aliphatic rings. The van der Waals surface area contributed by atoms with Gasteiger partial charge in [-0.3, -0.25) is 4.98 Å². The molecule has 0 atom stereocenters. The molecule has 130 valence electrons. The number of sulfonamides is 1. The van der Waals surface area contributed by atoms with Crippen LogP contribution < -0.4 is 4.72 Å². The van der Waals surface area contributed by atoms with Gasteiger partial charge in [0.05, 0.1) is 16.3 Å². The average molecular weight is 374 g/mol. The van der Waals surface area contributed by atoms with E-state index in [1.807, 2.05) is 38.1 Å². The van der Waals surface area contributed by atoms with E-state index in [0.29, 0.717) is 17.9 Å². The molecule has 0 radical (unpaired) electrons. The number of thiazole rings is 1. The van der Waals surface area contributed by atoms with E-state index in [1.165, 1.54) is 0 Å². The lowest BCUT2D eigenvalue weighted by molar-refractivity contribution is 0.581. The Hall–Kier alpha value is -2.09. The Balaban J connectivity index is 1.67. The summed E-state index contributed by atoms with van der Waals surface area (Å²) in [6.07, 6.45) is 2.34. The van der Waals surface area contributed by atoms with E-state index in [-0.39, 0.29) is 0 Å². The third kappa shape index (κ3) is 4.31. The van der Waals surface area contributed by atoms with E-state index in [4.69, 9.17) is 0 Å². The van der Waals surface area contributed by atoms with E-state index in [1.54, 1.807) is 35.7 Å². The van der Waals surface area contributed by atoms with Crippen LogP contribution in [0.1, 0.15) is 16.1 Å². The molecule has 0 spiro atoms. The molecule has 3 aromatic rings. The lowest BCUT2D eigenvalue weighted by Crippen LogP contribution is -2.26. The molecule has 1 N–H and O–H groups in total. The zero-order valence-corrected chi connectivity index (χ0v) is 15.7. The van der Waals surface area contributed by atoms with Crippen molar-refractivity contribution in [2.45, 2.75) is 25.2 Å². The van der Waals surface area contributed by atoms with Crippen LogP contribution in [0.4, 0.5) is 0 Å². The van der Waals surface area contributed by atoms with Crippen molar-refractivity contribution in [1.82, 2.24) is 14.7 Å². The zero-order valence-electron chi connectivity index (χ0n) is 14.1. The van der Waals surface area contributed by atoms with Crippen molar-refractivity contribution < 1.29 is 8.42 Å². The minimum absolute atomic E-state index is 0.294. The number of benzene rings is 1. The van der Waals surface area contributed by atoms with Gasteiger partial charge in [-0.2, -0.15) is 0 Å². The number of aromatic nitrogens is 2. The van der Waals surface area contributed by atoms with Crippen LogP contribution in [-0.2, 0) is 16.4 Å². The minimum atomic E-state index is -3.49. The monoisotopic (exact) mass is 373 g/mol. The molecule has 0 saturated heterocycles. The Kier molecular flexibility index (Phi) is 5.27. The number of aryl methyl sites for hydroxylation is 2. The molecule has 0 bridgehead atoms. The standard InChI is InChI=1S/C18H19N3O2S2/c1-13-6-5-7-15(12-13)25(22,23)20-11-9-17-14(2)21-18(24-17)16-8-3-4-10-19-16/h3-8,10,12,20H,9,11H2,1-2H3. The second kappa shape index (κ2) is 7.43. The summed E-state index contributed by atoms with van der Waals surface area (Å²) >= 11 is 1.55. The fourth-order valence-electron chi connectivity index (χ4n) is 2.42. The summed E-state index contributed by atoms with van der Waals surface area (Å²) in [5.74, 6) is 0. The highest BCUT2D eigenvalue weighted by Crippen LogP contribution is 2.26. The van der Waals surface area contributed by atoms with Gasteiger partial charge in [-0.15, -0.1) is 11.3 Å². The molecule has 25 heavy (non-hydrogen) atoms. The lowest BCUT2D eigenvalue weighted by Gasteiger charge is -2.07. The van der Waals surface area contributed by atoms with E-state index < -0.39 is 10.0 Å². The number of pyridine rings is 1. The Morgan fingerprint density at radius 3 is 2.68 bits per heavy atom. The molecule has 0 aliphatic heterocycles. The van der Waals surface area contributed by atoms with Crippen LogP contribution in [0.5, 0.6) is 0 Å². The first-order chi connectivity index (χ1) is 12.0. The van der Waals surface area contributed by atoms with Gasteiger partial charge in [-0.25, -0.2) is 18.1 Å². The van der Waals surface area contributed by atoms with Crippen molar-refractivity contribution in [1.29, 1.82) is 0 Å². The molecule has 0 saturated carbocycles. The first kappa shape index (κ1) is 17.7. The second-order valence-electron chi connectivity index (χ2n) is 5.71. The molecule has 3 rings (SSSR count). The SMILES string of the molecule is Cc1cccc(S(=O)(=O)NCCc2sc(-c3ccccn3)nc2C)c1. The number of nitrogens with zero attached hydrogens (tertiary/aromatic N) is 2. The van der Waals surface area contributed by atoms with Crippen LogP contribution in [0.15, 0.2) is 53.6 Å². The number of rotatable bonds is 6. The van der Waals surface area contributed by atoms with Gasteiger partial charge >= 0.3 is 0 Å². The molecule has 2 aromatic heterocycles. The predicted molar refractivity (Wildman–Crippen MR) is 100 cm³/mol. The molecule has 0 aliphatic carbocycles. The molecular weight excluding hydrogens is 354 g/mol. The van der Waals surface area contributed by atoms with Gasteiger partial charge in [-0.1, -0.05) is 18.2 Å². The van der Waals surface area contributed by atoms with Crippen LogP contribution in [0.2, 0.25) is 0 Å². The van der Waals surface area contributed by atoms with Gasteiger partial charge in [0.1, 0.15) is 5.01 Å². The fraction of sp³-hybridized carbons (Fsp3) is 0.222. The Labute approximate surface area is 151 Å². The maximum absolute atomic E-state index is 12.4. The summed E-state index contributed by atoms with van der Waals surface area (Å²) in [6.45, 7) is 4.15. The molecule has 0 unspecified atom stereocenters. The maximum Gasteiger partial charge on any atom is 0.240 e. The van der Waals surface area contributed by atoms with Crippen LogP contribution in [0.25, 0.3) is 10.7 Å². The molecule has 7 heteroatoms. The average Bonchev–Trinajstić information content (AvgIpc) is 2.97. The Morgan fingerprint density at radius 2 is 1.96 bits per heavy atom. The van der Waals surface area contributed by atoms with Crippen molar-refractivity contribution in [3.05, 3.63) is 64.8 Å². The second-order valence-corrected chi connectivity index (χ2v) is 8.56. The fourth-order valence-corrected chi connectivity index (χ4v) is 4.60. The summed E-state index contributed by atoms with van der Waals surface area (Å²) < 4.78 is 27.4. The highest BCUT2D eigenvalue weighted by Gasteiger charge is 2.15. The minimum Gasteiger partial charge on any atom is -0.254 e. The van der Waals surface area contributed by atoms with Gasteiger partial charge in [-0.05, 0) is 50.1 Å². The maximum atomic E-state index is 12.4. The van der Waals surface area contributed by atoms with E-state index in [2.05, 4.69) is 14.7 Å². The third-order valence-electron chi connectivity index (χ3n) is 3.72. The number of hydrogen-bond acceptors (Lipinski definition) is 5. The van der Waals surface area contributed by atoms with Gasteiger partial charge < -0.3 is 0 Å². The smallest absolute Gasteiger partial charge is 0.240 e. The van der Waals surface area contributed by atoms with Crippen LogP contribution in [0.3, 0.4) is 0 Å². The summed E-state index contributed by atoms with van der Waals surface area (Å²) in [5.41, 5.74) is 2.67. The first-order valence-electron chi connectivity index (χ1n) is 7.90. The van der Waals surface area contributed by atoms with Crippen molar-refractivity contribution in [2.24, 2.45) is 0 Å². The van der Waals surface area contributed by atoms with Gasteiger partial charge in [0.15, 0.2) is 0 Å². The van der Waals surface area contributed by atoms with Crippen molar-refractivity contribution >= 4 is 21.4 Å². The molecule has 5 nitrogen and oxygen atoms in total. The summed E-state index contributed by atoms with van der Waals surface area (Å²) in [5, 5.41) is 0.856. The van der Waals surface area contributed by atoms with Crippen LogP contribution >= 0.6 is 11.3 Å². The Morgan fingerprint density at radius 1 is 1.12 bits per heavy atom.